The van der Waals surface area contributed by atoms with Gasteiger partial charge in [0.2, 0.25) is 0 Å². The molecule has 0 aromatic carbocycles. The van der Waals surface area contributed by atoms with Crippen molar-refractivity contribution < 1.29 is 19.4 Å². The number of aliphatic hydroxyl groups is 1. The van der Waals surface area contributed by atoms with Gasteiger partial charge < -0.3 is 14.7 Å². The van der Waals surface area contributed by atoms with Crippen molar-refractivity contribution in [2.45, 2.75) is 262 Å². The number of Topliss-reactive ketones (excluding diaryl/α,β-unsaturated/α-hetero) is 2. The number of hydrogen-bond acceptors (Lipinski definition) is 5. The van der Waals surface area contributed by atoms with E-state index < -0.39 is 0 Å². The molecular weight excluding hydrogens is 739 g/mol. The van der Waals surface area contributed by atoms with Crippen molar-refractivity contribution in [1.29, 1.82) is 0 Å². The van der Waals surface area contributed by atoms with E-state index in [1.807, 2.05) is 14.1 Å². The number of nitrogens with zero attached hydrogens (tertiary/aromatic N) is 1. The second-order valence-electron chi connectivity index (χ2n) is 19.4. The average Bonchev–Trinajstić information content (AvgIpc) is 3.60. The maximum atomic E-state index is 13.0. The van der Waals surface area contributed by atoms with Gasteiger partial charge in [-0.05, 0) is 94.5 Å². The van der Waals surface area contributed by atoms with Crippen LogP contribution in [0.4, 0.5) is 0 Å². The molecule has 1 N–H and O–H groups in total. The summed E-state index contributed by atoms with van der Waals surface area (Å²) >= 11 is 0. The summed E-state index contributed by atoms with van der Waals surface area (Å²) in [6, 6.07) is 0. The number of hydrogen-bond donors (Lipinski definition) is 1. The molecule has 1 aliphatic carbocycles. The molecule has 0 heterocycles. The highest BCUT2D eigenvalue weighted by Gasteiger charge is 2.37. The highest BCUT2D eigenvalue weighted by atomic mass is 16.5. The molecule has 5 heteroatoms. The Morgan fingerprint density at radius 1 is 0.633 bits per heavy atom. The van der Waals surface area contributed by atoms with Crippen LogP contribution in [0.25, 0.3) is 0 Å². The predicted molar refractivity (Wildman–Crippen MR) is 267 cm³/mol. The molecule has 1 aliphatic rings. The van der Waals surface area contributed by atoms with Crippen LogP contribution < -0.4 is 0 Å². The van der Waals surface area contributed by atoms with Gasteiger partial charge in [0.15, 0.2) is 0 Å². The third kappa shape index (κ3) is 43.6. The van der Waals surface area contributed by atoms with Crippen LogP contribution in [-0.4, -0.2) is 61.5 Å². The van der Waals surface area contributed by atoms with Crippen LogP contribution in [0.3, 0.4) is 0 Å². The van der Waals surface area contributed by atoms with Crippen molar-refractivity contribution in [3.63, 3.8) is 0 Å². The minimum atomic E-state index is -0.236. The van der Waals surface area contributed by atoms with Crippen molar-refractivity contribution in [2.24, 2.45) is 35.5 Å². The van der Waals surface area contributed by atoms with Gasteiger partial charge in [0.25, 0.3) is 0 Å². The third-order valence-electron chi connectivity index (χ3n) is 12.8. The number of ether oxygens (including phenoxy) is 1. The lowest BCUT2D eigenvalue weighted by atomic mass is 9.81. The Hall–Kier alpha value is -1.04. The normalized spacial score (nSPS) is 17.7. The van der Waals surface area contributed by atoms with Gasteiger partial charge in [-0.3, -0.25) is 9.59 Å². The first kappa shape index (κ1) is 63.2. The van der Waals surface area contributed by atoms with Gasteiger partial charge in [-0.2, -0.15) is 0 Å². The molecule has 0 aliphatic heterocycles. The molecular formula is C55H111NO4. The molecule has 0 radical (unpaired) electrons. The second kappa shape index (κ2) is 47.4. The number of ketones is 2. The standard InChI is InChI=1S/C36H67NO4.C9H20.2C5H12/c1-5-7-9-10-11-12-13-14-15-16-17-19-27-41-35(30-38)24-23-33(39)28-31-21-22-32(36(31)20-18-8-6-2)29-34(40)25-26-37(3)4;1-5-8(3)7-9(4)6-2;1-4-5(2)3;1-3-5-4-2/h8,18,31-32,35-36,38H,5-7,9-17,19-30H2,1-4H3;8-9H,5-7H2,1-4H3;5H,4H2,1-3H3;3-5H2,1-2H3/b18-8-;;;. The van der Waals surface area contributed by atoms with Crippen LogP contribution in [0.5, 0.6) is 0 Å². The lowest BCUT2D eigenvalue weighted by Gasteiger charge is -2.24. The molecule has 0 aromatic rings. The summed E-state index contributed by atoms with van der Waals surface area (Å²) in [6.07, 6.45) is 36.5. The topological polar surface area (TPSA) is 66.8 Å². The fraction of sp³-hybridized carbons (Fsp3) is 0.927. The summed E-state index contributed by atoms with van der Waals surface area (Å²) in [5.41, 5.74) is 0. The molecule has 6 atom stereocenters. The first-order valence-electron chi connectivity index (χ1n) is 26.3. The third-order valence-corrected chi connectivity index (χ3v) is 12.8. The van der Waals surface area contributed by atoms with E-state index in [0.29, 0.717) is 62.2 Å². The van der Waals surface area contributed by atoms with Crippen LogP contribution in [0, 0.1) is 35.5 Å². The molecule has 6 unspecified atom stereocenters. The summed E-state index contributed by atoms with van der Waals surface area (Å²) in [5.74, 6) is 4.57. The quantitative estimate of drug-likeness (QED) is 0.0508. The summed E-state index contributed by atoms with van der Waals surface area (Å²) in [6.45, 7) is 26.2. The van der Waals surface area contributed by atoms with Gasteiger partial charge in [0, 0.05) is 38.8 Å². The molecule has 0 aromatic heterocycles. The van der Waals surface area contributed by atoms with Crippen molar-refractivity contribution in [1.82, 2.24) is 4.90 Å². The number of carbonyl (C=O) groups is 2. The number of aliphatic hydroxyl groups excluding tert-OH is 1. The molecule has 0 bridgehead atoms. The Labute approximate surface area is 378 Å². The zero-order valence-electron chi connectivity index (χ0n) is 43.2. The number of rotatable bonds is 35. The van der Waals surface area contributed by atoms with E-state index in [9.17, 15) is 14.7 Å². The maximum absolute atomic E-state index is 13.0. The lowest BCUT2D eigenvalue weighted by molar-refractivity contribution is -0.121. The number of carbonyl (C=O) groups excluding carboxylic acids is 2. The SMILES string of the molecule is CC/C=C\CC1C(CC(=O)CCC(CO)OCCCCCCCCCCCCCC)CCC1CC(=O)CCN(C)C.CCC(C)C.CCC(C)CC(C)CC.CCCCC. The van der Waals surface area contributed by atoms with Crippen molar-refractivity contribution in [2.75, 3.05) is 33.9 Å². The summed E-state index contributed by atoms with van der Waals surface area (Å²) in [7, 11) is 4.02. The van der Waals surface area contributed by atoms with E-state index in [1.165, 1.54) is 116 Å². The van der Waals surface area contributed by atoms with Crippen LogP contribution in [0.1, 0.15) is 256 Å². The maximum Gasteiger partial charge on any atom is 0.134 e. The molecule has 60 heavy (non-hydrogen) atoms. The van der Waals surface area contributed by atoms with E-state index in [-0.39, 0.29) is 18.5 Å². The summed E-state index contributed by atoms with van der Waals surface area (Å²) in [5, 5.41) is 9.79. The van der Waals surface area contributed by atoms with E-state index >= 15 is 0 Å². The minimum Gasteiger partial charge on any atom is -0.394 e. The second-order valence-corrected chi connectivity index (χ2v) is 19.4. The average molecular weight is 850 g/mol. The number of allylic oxidation sites excluding steroid dienone is 2. The van der Waals surface area contributed by atoms with Gasteiger partial charge in [0.1, 0.15) is 11.6 Å². The van der Waals surface area contributed by atoms with Crippen molar-refractivity contribution >= 4 is 11.6 Å². The lowest BCUT2D eigenvalue weighted by Crippen LogP contribution is -2.23. The highest BCUT2D eigenvalue weighted by molar-refractivity contribution is 5.79. The summed E-state index contributed by atoms with van der Waals surface area (Å²) < 4.78 is 5.94. The molecule has 0 saturated heterocycles. The highest BCUT2D eigenvalue weighted by Crippen LogP contribution is 2.43. The van der Waals surface area contributed by atoms with Gasteiger partial charge in [0.05, 0.1) is 12.7 Å². The monoisotopic (exact) mass is 850 g/mol. The van der Waals surface area contributed by atoms with Crippen molar-refractivity contribution in [3.05, 3.63) is 12.2 Å². The molecule has 0 amide bonds. The zero-order valence-corrected chi connectivity index (χ0v) is 43.2. The first-order chi connectivity index (χ1) is 28.8. The first-order valence-corrected chi connectivity index (χ1v) is 26.3. The molecule has 5 nitrogen and oxygen atoms in total. The molecule has 1 fully saturated rings. The van der Waals surface area contributed by atoms with E-state index in [0.717, 1.165) is 56.4 Å². The Bertz CT molecular complexity index is 906. The van der Waals surface area contributed by atoms with E-state index in [2.05, 4.69) is 93.2 Å². The van der Waals surface area contributed by atoms with Gasteiger partial charge in [-0.25, -0.2) is 0 Å². The summed E-state index contributed by atoms with van der Waals surface area (Å²) in [4.78, 5) is 27.6. The van der Waals surface area contributed by atoms with Crippen molar-refractivity contribution in [3.8, 4) is 0 Å². The van der Waals surface area contributed by atoms with Crippen LogP contribution >= 0.6 is 0 Å². The molecule has 360 valence electrons. The number of unbranched alkanes of at least 4 members (excludes halogenated alkanes) is 13. The predicted octanol–water partition coefficient (Wildman–Crippen LogP) is 16.4. The van der Waals surface area contributed by atoms with Crippen LogP contribution in [0.15, 0.2) is 12.2 Å². The van der Waals surface area contributed by atoms with Crippen LogP contribution in [0.2, 0.25) is 0 Å². The Morgan fingerprint density at radius 2 is 1.08 bits per heavy atom. The Kier molecular flexibility index (Phi) is 50.0. The minimum absolute atomic E-state index is 0.0173. The van der Waals surface area contributed by atoms with Gasteiger partial charge >= 0.3 is 0 Å². The Balaban J connectivity index is -0.00000140. The molecule has 1 rings (SSSR count). The fourth-order valence-electron chi connectivity index (χ4n) is 7.81. The Morgan fingerprint density at radius 3 is 1.47 bits per heavy atom. The van der Waals surface area contributed by atoms with E-state index in [4.69, 9.17) is 4.74 Å². The van der Waals surface area contributed by atoms with E-state index in [1.54, 1.807) is 0 Å². The zero-order chi connectivity index (χ0) is 45.8. The smallest absolute Gasteiger partial charge is 0.134 e. The molecule has 0 spiro atoms. The van der Waals surface area contributed by atoms with Gasteiger partial charge in [-0.1, -0.05) is 197 Å². The fourth-order valence-corrected chi connectivity index (χ4v) is 7.81. The largest absolute Gasteiger partial charge is 0.394 e. The van der Waals surface area contributed by atoms with Crippen LogP contribution in [-0.2, 0) is 14.3 Å². The molecule has 1 saturated carbocycles. The van der Waals surface area contributed by atoms with Gasteiger partial charge in [-0.15, -0.1) is 0 Å².